The van der Waals surface area contributed by atoms with Crippen LogP contribution in [0.25, 0.3) is 0 Å². The minimum atomic E-state index is -0.523. The van der Waals surface area contributed by atoms with Crippen LogP contribution in [0.5, 0.6) is 0 Å². The van der Waals surface area contributed by atoms with Crippen molar-refractivity contribution in [2.75, 3.05) is 7.05 Å². The number of nitrogens with one attached hydrogen (secondary N) is 1. The Balaban J connectivity index is 2.13. The Kier molecular flexibility index (Phi) is 7.14. The summed E-state index contributed by atoms with van der Waals surface area (Å²) in [6.07, 6.45) is 13.7. The number of hydrogen-bond acceptors (Lipinski definition) is 5. The molecule has 0 spiro atoms. The molecule has 0 fully saturated rings. The molecule has 138 valence electrons. The first kappa shape index (κ1) is 19.4. The van der Waals surface area contributed by atoms with Gasteiger partial charge in [0.2, 0.25) is 5.88 Å². The van der Waals surface area contributed by atoms with Crippen LogP contribution in [0.15, 0.2) is 64.1 Å². The van der Waals surface area contributed by atoms with E-state index in [1.54, 1.807) is 7.05 Å². The normalized spacial score (nSPS) is 19.0. The predicted molar refractivity (Wildman–Crippen MR) is 100 cm³/mol. The fourth-order valence-electron chi connectivity index (χ4n) is 2.53. The number of amidine groups is 1. The molecule has 0 aromatic rings. The van der Waals surface area contributed by atoms with Crippen LogP contribution in [0.2, 0.25) is 0 Å². The number of cyclic esters (lactones) is 1. The van der Waals surface area contributed by atoms with Crippen LogP contribution >= 0.6 is 0 Å². The summed E-state index contributed by atoms with van der Waals surface area (Å²) in [6.45, 7) is 3.83. The van der Waals surface area contributed by atoms with E-state index < -0.39 is 5.97 Å². The number of carbonyl (C=O) groups is 2. The zero-order chi connectivity index (χ0) is 18.9. The molecule has 0 aromatic carbocycles. The molecule has 6 heteroatoms. The lowest BCUT2D eigenvalue weighted by Gasteiger charge is -2.19. The van der Waals surface area contributed by atoms with Crippen LogP contribution < -0.4 is 5.32 Å². The lowest BCUT2D eigenvalue weighted by atomic mass is 10.0. The van der Waals surface area contributed by atoms with Crippen molar-refractivity contribution in [3.8, 4) is 0 Å². The topological polar surface area (TPSA) is 77.0 Å². The molecule has 0 bridgehead atoms. The lowest BCUT2D eigenvalue weighted by molar-refractivity contribution is -0.134. The van der Waals surface area contributed by atoms with Gasteiger partial charge in [-0.1, -0.05) is 42.9 Å². The number of allylic oxidation sites excluding steroid dienone is 6. The highest BCUT2D eigenvalue weighted by Crippen LogP contribution is 2.20. The van der Waals surface area contributed by atoms with Crippen molar-refractivity contribution >= 4 is 18.3 Å². The Morgan fingerprint density at radius 2 is 2.27 bits per heavy atom. The first-order valence-corrected chi connectivity index (χ1v) is 8.60. The maximum atomic E-state index is 11.9. The van der Waals surface area contributed by atoms with Gasteiger partial charge in [-0.15, -0.1) is 0 Å². The summed E-state index contributed by atoms with van der Waals surface area (Å²) in [6, 6.07) is 0.172. The third-order valence-corrected chi connectivity index (χ3v) is 4.04. The van der Waals surface area contributed by atoms with Crippen LogP contribution in [0.3, 0.4) is 0 Å². The summed E-state index contributed by atoms with van der Waals surface area (Å²) in [7, 11) is 1.56. The zero-order valence-corrected chi connectivity index (χ0v) is 15.3. The highest BCUT2D eigenvalue weighted by atomic mass is 16.6. The maximum Gasteiger partial charge on any atom is 0.337 e. The standard InChI is InChI=1S/C20H24N2O4/c1-4-15-11-17(13-23)19(26-18(24)12-15)22-20(21-3)25-14(2)16-9-7-5-6-8-10-16/h5-7,9-10,12-14H,4,8,11H2,1-3H3,(H,21,22). The van der Waals surface area contributed by atoms with Crippen molar-refractivity contribution in [3.63, 3.8) is 0 Å². The molecule has 0 aromatic heterocycles. The fourth-order valence-corrected chi connectivity index (χ4v) is 2.53. The number of carbonyl (C=O) groups excluding carboxylic acids is 2. The van der Waals surface area contributed by atoms with Crippen LogP contribution in [0, 0.1) is 0 Å². The minimum absolute atomic E-state index is 0.0598. The van der Waals surface area contributed by atoms with Gasteiger partial charge in [0.05, 0.1) is 5.57 Å². The van der Waals surface area contributed by atoms with Gasteiger partial charge in [0.1, 0.15) is 6.10 Å². The summed E-state index contributed by atoms with van der Waals surface area (Å²) in [5.74, 6) is -0.463. The van der Waals surface area contributed by atoms with Gasteiger partial charge in [-0.2, -0.15) is 0 Å². The Hall–Kier alpha value is -2.89. The van der Waals surface area contributed by atoms with Gasteiger partial charge >= 0.3 is 5.97 Å². The van der Waals surface area contributed by atoms with E-state index in [0.29, 0.717) is 24.7 Å². The number of nitrogens with zero attached hydrogens (tertiary/aromatic N) is 1. The summed E-state index contributed by atoms with van der Waals surface area (Å²) in [5.41, 5.74) is 2.19. The van der Waals surface area contributed by atoms with E-state index in [-0.39, 0.29) is 18.0 Å². The molecule has 2 rings (SSSR count). The predicted octanol–water partition coefficient (Wildman–Crippen LogP) is 3.10. The van der Waals surface area contributed by atoms with Crippen molar-refractivity contribution in [2.45, 2.75) is 39.2 Å². The molecule has 0 saturated carbocycles. The fraction of sp³-hybridized carbons (Fsp3) is 0.350. The van der Waals surface area contributed by atoms with Gasteiger partial charge < -0.3 is 9.47 Å². The Labute approximate surface area is 153 Å². The second-order valence-electron chi connectivity index (χ2n) is 5.87. The van der Waals surface area contributed by atoms with Gasteiger partial charge in [-0.25, -0.2) is 9.79 Å². The zero-order valence-electron chi connectivity index (χ0n) is 15.3. The smallest absolute Gasteiger partial charge is 0.337 e. The van der Waals surface area contributed by atoms with Gasteiger partial charge in [0.15, 0.2) is 6.29 Å². The number of ether oxygens (including phenoxy) is 2. The SMILES string of the molecule is CCC1=CC(=O)OC(NC(=NC)OC(C)C2=CCC=CC=C2)=C(C=O)C1. The molecule has 6 nitrogen and oxygen atoms in total. The Morgan fingerprint density at radius 3 is 2.96 bits per heavy atom. The first-order chi connectivity index (χ1) is 12.6. The van der Waals surface area contributed by atoms with Crippen LogP contribution in [-0.4, -0.2) is 31.4 Å². The minimum Gasteiger partial charge on any atom is -0.457 e. The average molecular weight is 356 g/mol. The number of aliphatic imine (C=N–C) groups is 1. The van der Waals surface area contributed by atoms with Gasteiger partial charge in [-0.05, 0) is 25.3 Å². The van der Waals surface area contributed by atoms with E-state index in [0.717, 1.165) is 17.6 Å². The first-order valence-electron chi connectivity index (χ1n) is 8.60. The van der Waals surface area contributed by atoms with E-state index in [2.05, 4.69) is 16.4 Å². The summed E-state index contributed by atoms with van der Waals surface area (Å²) in [4.78, 5) is 27.4. The molecule has 0 saturated heterocycles. The van der Waals surface area contributed by atoms with Crippen LogP contribution in [0.1, 0.15) is 33.1 Å². The summed E-state index contributed by atoms with van der Waals surface area (Å²) in [5, 5.41) is 2.84. The van der Waals surface area contributed by atoms with E-state index in [4.69, 9.17) is 9.47 Å². The van der Waals surface area contributed by atoms with E-state index in [9.17, 15) is 9.59 Å². The maximum absolute atomic E-state index is 11.9. The molecular weight excluding hydrogens is 332 g/mol. The average Bonchev–Trinajstić information content (AvgIpc) is 3.00. The van der Waals surface area contributed by atoms with Crippen molar-refractivity contribution in [1.29, 1.82) is 0 Å². The van der Waals surface area contributed by atoms with Crippen LogP contribution in [-0.2, 0) is 19.1 Å². The molecule has 0 radical (unpaired) electrons. The van der Waals surface area contributed by atoms with Crippen molar-refractivity contribution < 1.29 is 19.1 Å². The molecular formula is C20H24N2O4. The third-order valence-electron chi connectivity index (χ3n) is 4.04. The van der Waals surface area contributed by atoms with E-state index in [1.807, 2.05) is 38.2 Å². The molecule has 2 aliphatic rings. The van der Waals surface area contributed by atoms with Crippen molar-refractivity contribution in [3.05, 3.63) is 59.1 Å². The highest BCUT2D eigenvalue weighted by Gasteiger charge is 2.21. The molecule has 1 aliphatic carbocycles. The quantitative estimate of drug-likeness (QED) is 0.354. The van der Waals surface area contributed by atoms with Crippen LogP contribution in [0.4, 0.5) is 0 Å². The van der Waals surface area contributed by atoms with Gasteiger partial charge in [-0.3, -0.25) is 10.1 Å². The largest absolute Gasteiger partial charge is 0.457 e. The molecule has 1 N–H and O–H groups in total. The molecule has 1 unspecified atom stereocenters. The highest BCUT2D eigenvalue weighted by molar-refractivity contribution is 5.88. The number of rotatable bonds is 5. The summed E-state index contributed by atoms with van der Waals surface area (Å²) < 4.78 is 11.1. The third kappa shape index (κ3) is 5.31. The molecule has 26 heavy (non-hydrogen) atoms. The van der Waals surface area contributed by atoms with Crippen molar-refractivity contribution in [2.24, 2.45) is 4.99 Å². The van der Waals surface area contributed by atoms with E-state index in [1.165, 1.54) is 6.08 Å². The monoisotopic (exact) mass is 356 g/mol. The Bertz CT molecular complexity index is 739. The number of aldehydes is 1. The number of hydrogen-bond donors (Lipinski definition) is 1. The summed E-state index contributed by atoms with van der Waals surface area (Å²) >= 11 is 0. The van der Waals surface area contributed by atoms with Gasteiger partial charge in [0.25, 0.3) is 6.02 Å². The van der Waals surface area contributed by atoms with E-state index >= 15 is 0 Å². The lowest BCUT2D eigenvalue weighted by Crippen LogP contribution is -2.32. The Morgan fingerprint density at radius 1 is 1.46 bits per heavy atom. The second kappa shape index (κ2) is 9.56. The number of esters is 1. The van der Waals surface area contributed by atoms with Gasteiger partial charge in [0, 0.05) is 19.5 Å². The second-order valence-corrected chi connectivity index (χ2v) is 5.87. The molecule has 0 amide bonds. The molecule has 1 atom stereocenters. The molecule has 1 heterocycles. The van der Waals surface area contributed by atoms with Crippen molar-refractivity contribution in [1.82, 2.24) is 5.32 Å². The molecule has 1 aliphatic heterocycles.